The van der Waals surface area contributed by atoms with E-state index in [2.05, 4.69) is 94.1 Å². The second-order valence-electron chi connectivity index (χ2n) is 9.69. The molecule has 0 N–H and O–H groups in total. The van der Waals surface area contributed by atoms with Crippen LogP contribution in [0.5, 0.6) is 0 Å². The van der Waals surface area contributed by atoms with Crippen molar-refractivity contribution in [3.8, 4) is 0 Å². The first-order valence-electron chi connectivity index (χ1n) is 11.0. The van der Waals surface area contributed by atoms with Crippen LogP contribution >= 0.6 is 0 Å². The largest absolute Gasteiger partial charge is 0.404 e. The molecule has 2 aromatic rings. The van der Waals surface area contributed by atoms with Crippen molar-refractivity contribution in [2.75, 3.05) is 0 Å². The number of hydrogen-bond acceptors (Lipinski definition) is 2. The lowest BCUT2D eigenvalue weighted by Crippen LogP contribution is -2.68. The zero-order valence-electron chi connectivity index (χ0n) is 18.3. The fourth-order valence-electron chi connectivity index (χ4n) is 5.60. The first-order valence-corrected chi connectivity index (χ1v) is 12.9. The minimum Gasteiger partial charge on any atom is -0.404 e. The van der Waals surface area contributed by atoms with Gasteiger partial charge in [-0.2, -0.15) is 0 Å². The Morgan fingerprint density at radius 2 is 1.60 bits per heavy atom. The molecule has 1 fully saturated rings. The molecule has 0 radical (unpaired) electrons. The van der Waals surface area contributed by atoms with Crippen molar-refractivity contribution < 1.29 is 9.22 Å². The van der Waals surface area contributed by atoms with Crippen LogP contribution in [-0.4, -0.2) is 20.2 Å². The van der Waals surface area contributed by atoms with Crippen molar-refractivity contribution in [2.24, 2.45) is 17.8 Å². The number of carbonyl (C=O) groups excluding carboxylic acids is 1. The summed E-state index contributed by atoms with van der Waals surface area (Å²) in [6, 6.07) is 21.5. The van der Waals surface area contributed by atoms with E-state index in [1.165, 1.54) is 10.4 Å². The summed E-state index contributed by atoms with van der Waals surface area (Å²) in [4.78, 5) is 12.5. The van der Waals surface area contributed by atoms with Gasteiger partial charge in [-0.1, -0.05) is 93.6 Å². The highest BCUT2D eigenvalue weighted by molar-refractivity contribution is 6.99. The van der Waals surface area contributed by atoms with Gasteiger partial charge >= 0.3 is 0 Å². The summed E-state index contributed by atoms with van der Waals surface area (Å²) in [6.45, 7) is 10.9. The van der Waals surface area contributed by atoms with Crippen molar-refractivity contribution in [3.05, 3.63) is 85.5 Å². The summed E-state index contributed by atoms with van der Waals surface area (Å²) < 4.78 is 7.39. The van der Waals surface area contributed by atoms with Gasteiger partial charge in [-0.15, -0.1) is 6.58 Å². The van der Waals surface area contributed by atoms with Crippen molar-refractivity contribution >= 4 is 24.5 Å². The highest BCUT2D eigenvalue weighted by Gasteiger charge is 2.55. The maximum atomic E-state index is 12.5. The topological polar surface area (TPSA) is 26.3 Å². The fourth-order valence-corrected chi connectivity index (χ4v) is 10.3. The molecule has 0 heterocycles. The summed E-state index contributed by atoms with van der Waals surface area (Å²) in [5, 5.41) is 2.52. The van der Waals surface area contributed by atoms with E-state index in [0.29, 0.717) is 5.92 Å². The molecule has 0 bridgehead atoms. The van der Waals surface area contributed by atoms with Gasteiger partial charge in [-0.05, 0) is 46.2 Å². The molecular weight excluding hydrogens is 384 g/mol. The van der Waals surface area contributed by atoms with Crippen molar-refractivity contribution in [1.82, 2.24) is 0 Å². The molecule has 2 aliphatic rings. The van der Waals surface area contributed by atoms with Gasteiger partial charge in [-0.3, -0.25) is 4.79 Å². The molecule has 0 saturated heterocycles. The standard InChI is InChI=1S/C27H32O2Si/c1-5-12-23-22-17-18-25(28)24(22)19-26(23)29-30(27(2,3)4,20-13-8-6-9-14-20)21-15-10-7-11-16-21/h5-11,13-18,22-24,26H,1,12,19H2,2-4H3/t22-,23-,24+,26-/m1/s1. The highest BCUT2D eigenvalue weighted by Crippen LogP contribution is 2.48. The van der Waals surface area contributed by atoms with Gasteiger partial charge in [-0.25, -0.2) is 0 Å². The molecular formula is C27H32O2Si. The average Bonchev–Trinajstić information content (AvgIpc) is 3.26. The van der Waals surface area contributed by atoms with E-state index in [-0.39, 0.29) is 28.8 Å². The smallest absolute Gasteiger partial charge is 0.261 e. The molecule has 2 nitrogen and oxygen atoms in total. The van der Waals surface area contributed by atoms with Crippen molar-refractivity contribution in [3.63, 3.8) is 0 Å². The second-order valence-corrected chi connectivity index (χ2v) is 13.9. The zero-order chi connectivity index (χ0) is 21.4. The average molecular weight is 417 g/mol. The minimum atomic E-state index is -2.62. The Balaban J connectivity index is 1.84. The van der Waals surface area contributed by atoms with E-state index < -0.39 is 8.32 Å². The normalized spacial score (nSPS) is 26.0. The van der Waals surface area contributed by atoms with Gasteiger partial charge in [0.2, 0.25) is 0 Å². The Bertz CT molecular complexity index is 887. The summed E-state index contributed by atoms with van der Waals surface area (Å²) in [6.07, 6.45) is 7.63. The maximum absolute atomic E-state index is 12.5. The van der Waals surface area contributed by atoms with Crippen LogP contribution < -0.4 is 10.4 Å². The van der Waals surface area contributed by atoms with E-state index in [4.69, 9.17) is 4.43 Å². The van der Waals surface area contributed by atoms with Crippen molar-refractivity contribution in [2.45, 2.75) is 44.8 Å². The number of hydrogen-bond donors (Lipinski definition) is 0. The molecule has 1 saturated carbocycles. The predicted octanol–water partition coefficient (Wildman–Crippen LogP) is 4.90. The molecule has 0 aromatic heterocycles. The summed E-state index contributed by atoms with van der Waals surface area (Å²) >= 11 is 0. The molecule has 30 heavy (non-hydrogen) atoms. The number of benzene rings is 2. The molecule has 4 rings (SSSR count). The second kappa shape index (κ2) is 8.13. The van der Waals surface area contributed by atoms with Crippen LogP contribution in [0, 0.1) is 17.8 Å². The third-order valence-corrected chi connectivity index (χ3v) is 12.0. The molecule has 0 spiro atoms. The first-order chi connectivity index (χ1) is 14.4. The summed E-state index contributed by atoms with van der Waals surface area (Å²) in [7, 11) is -2.62. The van der Waals surface area contributed by atoms with Crippen LogP contribution in [0.1, 0.15) is 33.6 Å². The Labute approximate surface area is 181 Å². The molecule has 0 unspecified atom stereocenters. The zero-order valence-corrected chi connectivity index (χ0v) is 19.3. The van der Waals surface area contributed by atoms with Gasteiger partial charge in [0, 0.05) is 5.92 Å². The molecule has 2 aromatic carbocycles. The quantitative estimate of drug-likeness (QED) is 0.495. The lowest BCUT2D eigenvalue weighted by molar-refractivity contribution is -0.118. The van der Waals surface area contributed by atoms with Gasteiger partial charge in [0.1, 0.15) is 0 Å². The van der Waals surface area contributed by atoms with E-state index in [0.717, 1.165) is 12.8 Å². The summed E-state index contributed by atoms with van der Waals surface area (Å²) in [5.74, 6) is 0.913. The van der Waals surface area contributed by atoms with Crippen LogP contribution in [0.25, 0.3) is 0 Å². The fraction of sp³-hybridized carbons (Fsp3) is 0.370. The molecule has 3 heteroatoms. The van der Waals surface area contributed by atoms with Crippen molar-refractivity contribution in [1.29, 1.82) is 0 Å². The van der Waals surface area contributed by atoms with Gasteiger partial charge in [0.25, 0.3) is 8.32 Å². The predicted molar refractivity (Wildman–Crippen MR) is 127 cm³/mol. The number of rotatable bonds is 6. The van der Waals surface area contributed by atoms with Crippen LogP contribution in [0.2, 0.25) is 5.04 Å². The number of carbonyl (C=O) groups is 1. The van der Waals surface area contributed by atoms with Crippen LogP contribution in [-0.2, 0) is 9.22 Å². The SMILES string of the molecule is C=CC[C@@H]1[C@H]2C=CC(=O)[C@H]2C[C@H]1O[Si](c1ccccc1)(c1ccccc1)C(C)(C)C. The number of ketones is 1. The molecule has 2 aliphatic carbocycles. The molecule has 0 aliphatic heterocycles. The van der Waals surface area contributed by atoms with Crippen LogP contribution in [0.15, 0.2) is 85.5 Å². The number of allylic oxidation sites excluding steroid dienone is 3. The summed E-state index contributed by atoms with van der Waals surface area (Å²) in [5.41, 5.74) is 0. The maximum Gasteiger partial charge on any atom is 0.261 e. The Morgan fingerprint density at radius 3 is 2.10 bits per heavy atom. The first kappa shape index (κ1) is 21.0. The van der Waals surface area contributed by atoms with Gasteiger partial charge < -0.3 is 4.43 Å². The Kier molecular flexibility index (Phi) is 5.69. The number of fused-ring (bicyclic) bond motifs is 1. The van der Waals surface area contributed by atoms with E-state index >= 15 is 0 Å². The minimum absolute atomic E-state index is 0.0539. The van der Waals surface area contributed by atoms with Gasteiger partial charge in [0.05, 0.1) is 6.10 Å². The Hall–Kier alpha value is -2.23. The molecule has 0 amide bonds. The third kappa shape index (κ3) is 3.44. The lowest BCUT2D eigenvalue weighted by atomic mass is 9.89. The van der Waals surface area contributed by atoms with Crippen LogP contribution in [0.4, 0.5) is 0 Å². The third-order valence-electron chi connectivity index (χ3n) is 6.95. The van der Waals surface area contributed by atoms with Crippen LogP contribution in [0.3, 0.4) is 0 Å². The molecule has 4 atom stereocenters. The van der Waals surface area contributed by atoms with E-state index in [1.807, 2.05) is 6.08 Å². The highest BCUT2D eigenvalue weighted by atomic mass is 28.4. The van der Waals surface area contributed by atoms with E-state index in [1.54, 1.807) is 6.08 Å². The lowest BCUT2D eigenvalue weighted by Gasteiger charge is -2.45. The molecule has 156 valence electrons. The Morgan fingerprint density at radius 1 is 1.03 bits per heavy atom. The van der Waals surface area contributed by atoms with E-state index in [9.17, 15) is 4.79 Å². The van der Waals surface area contributed by atoms with Gasteiger partial charge in [0.15, 0.2) is 5.78 Å². The monoisotopic (exact) mass is 416 g/mol.